The van der Waals surface area contributed by atoms with Crippen LogP contribution in [0.2, 0.25) is 0 Å². The lowest BCUT2D eigenvalue weighted by Gasteiger charge is -1.93. The van der Waals surface area contributed by atoms with Crippen molar-refractivity contribution in [1.82, 2.24) is 0 Å². The molecule has 4 heteroatoms. The number of rotatable bonds is 3. The molecule has 0 aliphatic rings. The Bertz CT molecular complexity index is 488. The zero-order chi connectivity index (χ0) is 11.2. The van der Waals surface area contributed by atoms with Crippen LogP contribution in [0.1, 0.15) is 9.75 Å². The highest BCUT2D eigenvalue weighted by Gasteiger charge is 2.00. The van der Waals surface area contributed by atoms with E-state index >= 15 is 0 Å². The molecule has 0 saturated carbocycles. The van der Waals surface area contributed by atoms with Crippen LogP contribution in [-0.2, 0) is 5.75 Å². The smallest absolute Gasteiger partial charge is 0.0772 e. The quantitative estimate of drug-likeness (QED) is 0.680. The molecule has 0 aromatic carbocycles. The van der Waals surface area contributed by atoms with Gasteiger partial charge in [0.1, 0.15) is 0 Å². The predicted octanol–water partition coefficient (Wildman–Crippen LogP) is 3.41. The van der Waals surface area contributed by atoms with E-state index in [9.17, 15) is 0 Å². The first kappa shape index (κ1) is 11.7. The fraction of sp³-hybridized carbons (Fsp3) is 0.167. The van der Waals surface area contributed by atoms with E-state index in [0.29, 0.717) is 6.54 Å². The fourth-order valence-corrected chi connectivity index (χ4v) is 3.86. The van der Waals surface area contributed by atoms with Crippen molar-refractivity contribution in [3.8, 4) is 11.8 Å². The lowest BCUT2D eigenvalue weighted by atomic mass is 10.4. The zero-order valence-corrected chi connectivity index (χ0v) is 11.1. The van der Waals surface area contributed by atoms with Gasteiger partial charge in [-0.25, -0.2) is 0 Å². The zero-order valence-electron chi connectivity index (χ0n) is 8.60. The highest BCUT2D eigenvalue weighted by Crippen LogP contribution is 2.29. The van der Waals surface area contributed by atoms with E-state index in [4.69, 9.17) is 5.73 Å². The third kappa shape index (κ3) is 3.39. The standard InChI is InChI=1S/C12H11NS3/c13-7-1-3-10-5-6-11(16-10)9-15-12-4-2-8-14-12/h2,4-6,8H,7,9,13H2. The second-order valence-electron chi connectivity index (χ2n) is 2.99. The molecule has 0 amide bonds. The first-order valence-corrected chi connectivity index (χ1v) is 7.50. The van der Waals surface area contributed by atoms with E-state index in [-0.39, 0.29) is 0 Å². The van der Waals surface area contributed by atoms with Crippen molar-refractivity contribution in [3.05, 3.63) is 39.4 Å². The summed E-state index contributed by atoms with van der Waals surface area (Å²) in [6, 6.07) is 8.45. The third-order valence-electron chi connectivity index (χ3n) is 1.83. The van der Waals surface area contributed by atoms with Crippen molar-refractivity contribution in [2.45, 2.75) is 9.96 Å². The van der Waals surface area contributed by atoms with E-state index in [1.54, 1.807) is 22.7 Å². The summed E-state index contributed by atoms with van der Waals surface area (Å²) in [6.45, 7) is 0.428. The highest BCUT2D eigenvalue weighted by atomic mass is 32.2. The number of hydrogen-bond acceptors (Lipinski definition) is 4. The van der Waals surface area contributed by atoms with Gasteiger partial charge in [0.2, 0.25) is 0 Å². The molecule has 2 N–H and O–H groups in total. The minimum absolute atomic E-state index is 0.428. The van der Waals surface area contributed by atoms with E-state index in [1.165, 1.54) is 9.09 Å². The topological polar surface area (TPSA) is 26.0 Å². The molecular weight excluding hydrogens is 254 g/mol. The number of thioether (sulfide) groups is 1. The molecular formula is C12H11NS3. The molecule has 0 saturated heterocycles. The van der Waals surface area contributed by atoms with Crippen molar-refractivity contribution in [1.29, 1.82) is 0 Å². The Hall–Kier alpha value is -0.730. The van der Waals surface area contributed by atoms with Crippen LogP contribution in [0.4, 0.5) is 0 Å². The monoisotopic (exact) mass is 265 g/mol. The van der Waals surface area contributed by atoms with Gasteiger partial charge < -0.3 is 5.73 Å². The van der Waals surface area contributed by atoms with Crippen LogP contribution in [0.15, 0.2) is 33.9 Å². The van der Waals surface area contributed by atoms with Crippen molar-refractivity contribution < 1.29 is 0 Å². The third-order valence-corrected chi connectivity index (χ3v) is 5.19. The Labute approximate surface area is 108 Å². The highest BCUT2D eigenvalue weighted by molar-refractivity contribution is 8.00. The van der Waals surface area contributed by atoms with Crippen molar-refractivity contribution in [3.63, 3.8) is 0 Å². The van der Waals surface area contributed by atoms with Crippen molar-refractivity contribution in [2.24, 2.45) is 5.73 Å². The fourth-order valence-electron chi connectivity index (χ4n) is 1.15. The number of nitrogens with two attached hydrogens (primary N) is 1. The van der Waals surface area contributed by atoms with Gasteiger partial charge >= 0.3 is 0 Å². The Morgan fingerprint density at radius 2 is 2.25 bits per heavy atom. The maximum atomic E-state index is 5.33. The SMILES string of the molecule is NCC#Cc1ccc(CSc2cccs2)s1. The maximum Gasteiger partial charge on any atom is 0.0772 e. The summed E-state index contributed by atoms with van der Waals surface area (Å²) < 4.78 is 1.36. The van der Waals surface area contributed by atoms with Gasteiger partial charge in [-0.15, -0.1) is 34.4 Å². The van der Waals surface area contributed by atoms with Gasteiger partial charge in [0.25, 0.3) is 0 Å². The van der Waals surface area contributed by atoms with Gasteiger partial charge in [-0.2, -0.15) is 0 Å². The summed E-state index contributed by atoms with van der Waals surface area (Å²) in [5, 5.41) is 2.11. The van der Waals surface area contributed by atoms with E-state index < -0.39 is 0 Å². The molecule has 0 aliphatic heterocycles. The summed E-state index contributed by atoms with van der Waals surface area (Å²) in [6.07, 6.45) is 0. The number of hydrogen-bond donors (Lipinski definition) is 1. The second-order valence-corrected chi connectivity index (χ2v) is 6.38. The van der Waals surface area contributed by atoms with Crippen LogP contribution >= 0.6 is 34.4 Å². The van der Waals surface area contributed by atoms with Crippen LogP contribution in [0.25, 0.3) is 0 Å². The molecule has 0 radical (unpaired) electrons. The normalized spacial score (nSPS) is 9.81. The van der Waals surface area contributed by atoms with Gasteiger partial charge in [-0.1, -0.05) is 17.9 Å². The summed E-state index contributed by atoms with van der Waals surface area (Å²) in [4.78, 5) is 2.46. The summed E-state index contributed by atoms with van der Waals surface area (Å²) in [5.41, 5.74) is 5.33. The average molecular weight is 265 g/mol. The van der Waals surface area contributed by atoms with Crippen LogP contribution in [-0.4, -0.2) is 6.54 Å². The molecule has 2 aromatic rings. The molecule has 0 bridgehead atoms. The molecule has 0 atom stereocenters. The molecule has 16 heavy (non-hydrogen) atoms. The van der Waals surface area contributed by atoms with Crippen molar-refractivity contribution in [2.75, 3.05) is 6.54 Å². The van der Waals surface area contributed by atoms with Crippen molar-refractivity contribution >= 4 is 34.4 Å². The minimum atomic E-state index is 0.428. The van der Waals surface area contributed by atoms with Crippen LogP contribution in [0.5, 0.6) is 0 Å². The molecule has 0 unspecified atom stereocenters. The molecule has 2 rings (SSSR count). The summed E-state index contributed by atoms with van der Waals surface area (Å²) in [7, 11) is 0. The minimum Gasteiger partial charge on any atom is -0.320 e. The molecule has 2 heterocycles. The van der Waals surface area contributed by atoms with Gasteiger partial charge in [-0.3, -0.25) is 0 Å². The van der Waals surface area contributed by atoms with Crippen LogP contribution < -0.4 is 5.73 Å². The van der Waals surface area contributed by atoms with Gasteiger partial charge in [0.05, 0.1) is 15.6 Å². The van der Waals surface area contributed by atoms with E-state index in [1.807, 2.05) is 11.8 Å². The number of thiophene rings is 2. The van der Waals surface area contributed by atoms with Crippen LogP contribution in [0.3, 0.4) is 0 Å². The Kier molecular flexibility index (Phi) is 4.49. The first-order chi connectivity index (χ1) is 7.88. The Morgan fingerprint density at radius 1 is 1.31 bits per heavy atom. The second kappa shape index (κ2) is 6.12. The average Bonchev–Trinajstić information content (AvgIpc) is 2.95. The molecule has 0 fully saturated rings. The van der Waals surface area contributed by atoms with E-state index in [2.05, 4.69) is 41.5 Å². The first-order valence-electron chi connectivity index (χ1n) is 4.82. The molecule has 1 nitrogen and oxygen atoms in total. The maximum absolute atomic E-state index is 5.33. The Balaban J connectivity index is 1.93. The van der Waals surface area contributed by atoms with Gasteiger partial charge in [0.15, 0.2) is 0 Å². The molecule has 0 spiro atoms. The van der Waals surface area contributed by atoms with Crippen LogP contribution in [0, 0.1) is 11.8 Å². The van der Waals surface area contributed by atoms with Gasteiger partial charge in [0, 0.05) is 10.6 Å². The van der Waals surface area contributed by atoms with Gasteiger partial charge in [-0.05, 0) is 23.6 Å². The summed E-state index contributed by atoms with van der Waals surface area (Å²) >= 11 is 5.41. The predicted molar refractivity (Wildman–Crippen MR) is 74.1 cm³/mol. The lowest BCUT2D eigenvalue weighted by molar-refractivity contribution is 1.30. The largest absolute Gasteiger partial charge is 0.320 e. The lowest BCUT2D eigenvalue weighted by Crippen LogP contribution is -1.92. The van der Waals surface area contributed by atoms with E-state index in [0.717, 1.165) is 10.6 Å². The molecule has 82 valence electrons. The summed E-state index contributed by atoms with van der Waals surface area (Å²) in [5.74, 6) is 6.95. The molecule has 2 aromatic heterocycles. The molecule has 0 aliphatic carbocycles. The Morgan fingerprint density at radius 3 is 3.00 bits per heavy atom.